The lowest BCUT2D eigenvalue weighted by Gasteiger charge is -2.42. The van der Waals surface area contributed by atoms with E-state index in [1.54, 1.807) is 17.0 Å². The molecule has 0 N–H and O–H groups in total. The zero-order chi connectivity index (χ0) is 14.0. The van der Waals surface area contributed by atoms with Crippen molar-refractivity contribution in [1.82, 2.24) is 4.90 Å². The largest absolute Gasteiger partial charge is 0.309 e. The van der Waals surface area contributed by atoms with Crippen molar-refractivity contribution in [2.24, 2.45) is 0 Å². The van der Waals surface area contributed by atoms with E-state index in [0.717, 1.165) is 0 Å². The number of anilines is 1. The molecular weight excluding hydrogens is 245 g/mol. The number of carbonyl (C=O) groups is 1. The zero-order valence-corrected chi connectivity index (χ0v) is 11.0. The molecule has 0 bridgehead atoms. The average Bonchev–Trinajstić information content (AvgIpc) is 2.39. The summed E-state index contributed by atoms with van der Waals surface area (Å²) in [6.45, 7) is 2.49. The number of rotatable bonds is 2. The Hall–Kier alpha value is -1.93. The van der Waals surface area contributed by atoms with Crippen LogP contribution in [0.3, 0.4) is 0 Å². The summed E-state index contributed by atoms with van der Waals surface area (Å²) in [5.74, 6) is -0.513. The van der Waals surface area contributed by atoms with Gasteiger partial charge < -0.3 is 4.90 Å². The fourth-order valence-electron chi connectivity index (χ4n) is 2.34. The maximum absolute atomic E-state index is 13.3. The predicted molar refractivity (Wildman–Crippen MR) is 70.0 cm³/mol. The third-order valence-electron chi connectivity index (χ3n) is 3.59. The van der Waals surface area contributed by atoms with Gasteiger partial charge in [0.15, 0.2) is 0 Å². The van der Waals surface area contributed by atoms with Crippen molar-refractivity contribution in [3.63, 3.8) is 0 Å². The molecule has 1 fully saturated rings. The minimum absolute atomic E-state index is 0.124. The van der Waals surface area contributed by atoms with E-state index < -0.39 is 6.04 Å². The average molecular weight is 261 g/mol. The minimum atomic E-state index is -0.461. The van der Waals surface area contributed by atoms with Crippen molar-refractivity contribution >= 4 is 11.6 Å². The number of nitrogens with zero attached hydrogens (tertiary/aromatic N) is 3. The van der Waals surface area contributed by atoms with E-state index in [1.165, 1.54) is 12.1 Å². The third-order valence-corrected chi connectivity index (χ3v) is 3.59. The van der Waals surface area contributed by atoms with Gasteiger partial charge in [-0.1, -0.05) is 6.07 Å². The van der Waals surface area contributed by atoms with Crippen LogP contribution in [0.4, 0.5) is 10.1 Å². The summed E-state index contributed by atoms with van der Waals surface area (Å²) in [5, 5.41) is 8.83. The van der Waals surface area contributed by atoms with Crippen LogP contribution in [0.5, 0.6) is 0 Å². The van der Waals surface area contributed by atoms with Crippen LogP contribution in [0.2, 0.25) is 0 Å². The van der Waals surface area contributed by atoms with Crippen LogP contribution < -0.4 is 4.90 Å². The van der Waals surface area contributed by atoms with Gasteiger partial charge in [-0.3, -0.25) is 9.69 Å². The van der Waals surface area contributed by atoms with Crippen LogP contribution in [-0.2, 0) is 4.79 Å². The molecule has 0 aliphatic carbocycles. The van der Waals surface area contributed by atoms with Crippen molar-refractivity contribution in [3.8, 4) is 6.07 Å². The van der Waals surface area contributed by atoms with Crippen LogP contribution >= 0.6 is 0 Å². The molecule has 1 aliphatic rings. The standard InChI is InChI=1S/C14H16FN3O/c1-10-9-18(12-5-3-4-11(15)8-12)14(19)13(6-7-16)17(10)2/h3-5,8,10,13H,6,9H2,1-2H3. The Balaban J connectivity index is 2.31. The number of halogens is 1. The minimum Gasteiger partial charge on any atom is -0.309 e. The second-order valence-electron chi connectivity index (χ2n) is 4.82. The maximum atomic E-state index is 13.3. The summed E-state index contributed by atoms with van der Waals surface area (Å²) in [5.41, 5.74) is 0.549. The lowest BCUT2D eigenvalue weighted by Crippen LogP contribution is -2.59. The Labute approximate surface area is 112 Å². The summed E-state index contributed by atoms with van der Waals surface area (Å²) in [4.78, 5) is 15.9. The highest BCUT2D eigenvalue weighted by molar-refractivity contribution is 5.98. The predicted octanol–water partition coefficient (Wildman–Crippen LogP) is 1.77. The van der Waals surface area contributed by atoms with Gasteiger partial charge >= 0.3 is 0 Å². The fourth-order valence-corrected chi connectivity index (χ4v) is 2.34. The van der Waals surface area contributed by atoms with E-state index in [9.17, 15) is 9.18 Å². The number of piperazine rings is 1. The highest BCUT2D eigenvalue weighted by Crippen LogP contribution is 2.24. The second kappa shape index (κ2) is 5.37. The molecule has 4 nitrogen and oxygen atoms in total. The molecule has 1 amide bonds. The van der Waals surface area contributed by atoms with Gasteiger partial charge in [-0.25, -0.2) is 4.39 Å². The Kier molecular flexibility index (Phi) is 3.82. The number of amides is 1. The molecule has 0 aromatic heterocycles. The van der Waals surface area contributed by atoms with Crippen LogP contribution in [-0.4, -0.2) is 36.5 Å². The van der Waals surface area contributed by atoms with E-state index in [1.807, 2.05) is 24.9 Å². The van der Waals surface area contributed by atoms with E-state index in [-0.39, 0.29) is 24.2 Å². The fraction of sp³-hybridized carbons (Fsp3) is 0.429. The second-order valence-corrected chi connectivity index (χ2v) is 4.82. The van der Waals surface area contributed by atoms with Gasteiger partial charge in [0.1, 0.15) is 11.9 Å². The molecule has 2 unspecified atom stereocenters. The molecule has 1 aromatic rings. The Morgan fingerprint density at radius 3 is 2.89 bits per heavy atom. The SMILES string of the molecule is CC1CN(c2cccc(F)c2)C(=O)C(CC#N)N1C. The molecular formula is C14H16FN3O. The van der Waals surface area contributed by atoms with Crippen molar-refractivity contribution in [3.05, 3.63) is 30.1 Å². The molecule has 5 heteroatoms. The zero-order valence-electron chi connectivity index (χ0n) is 11.0. The summed E-state index contributed by atoms with van der Waals surface area (Å²) in [6, 6.07) is 7.69. The molecule has 1 heterocycles. The van der Waals surface area contributed by atoms with E-state index >= 15 is 0 Å². The molecule has 1 aliphatic heterocycles. The Morgan fingerprint density at radius 2 is 2.26 bits per heavy atom. The quantitative estimate of drug-likeness (QED) is 0.815. The lowest BCUT2D eigenvalue weighted by atomic mass is 10.0. The summed E-state index contributed by atoms with van der Waals surface area (Å²) >= 11 is 0. The number of carbonyl (C=O) groups excluding carboxylic acids is 1. The summed E-state index contributed by atoms with van der Waals surface area (Å²) in [6.07, 6.45) is 0.144. The first-order chi connectivity index (χ1) is 9.04. The molecule has 1 aromatic carbocycles. The molecule has 0 saturated carbocycles. The normalized spacial score (nSPS) is 24.3. The van der Waals surface area contributed by atoms with Crippen molar-refractivity contribution in [2.75, 3.05) is 18.5 Å². The van der Waals surface area contributed by atoms with E-state index in [0.29, 0.717) is 12.2 Å². The summed E-state index contributed by atoms with van der Waals surface area (Å²) < 4.78 is 13.3. The Morgan fingerprint density at radius 1 is 1.53 bits per heavy atom. The number of benzene rings is 1. The number of nitriles is 1. The molecule has 2 atom stereocenters. The smallest absolute Gasteiger partial charge is 0.245 e. The first-order valence-electron chi connectivity index (χ1n) is 6.20. The lowest BCUT2D eigenvalue weighted by molar-refractivity contribution is -0.126. The van der Waals surface area contributed by atoms with Gasteiger partial charge in [-0.15, -0.1) is 0 Å². The topological polar surface area (TPSA) is 47.3 Å². The van der Waals surface area contributed by atoms with Crippen molar-refractivity contribution < 1.29 is 9.18 Å². The van der Waals surface area contributed by atoms with Gasteiger partial charge in [0.2, 0.25) is 5.91 Å². The van der Waals surface area contributed by atoms with Gasteiger partial charge in [-0.2, -0.15) is 5.26 Å². The van der Waals surface area contributed by atoms with E-state index in [2.05, 4.69) is 0 Å². The molecule has 0 spiro atoms. The van der Waals surface area contributed by atoms with Gasteiger partial charge in [0, 0.05) is 18.3 Å². The van der Waals surface area contributed by atoms with Crippen molar-refractivity contribution in [1.29, 1.82) is 5.26 Å². The van der Waals surface area contributed by atoms with Gasteiger partial charge in [-0.05, 0) is 32.2 Å². The molecule has 1 saturated heterocycles. The first-order valence-corrected chi connectivity index (χ1v) is 6.20. The summed E-state index contributed by atoms with van der Waals surface area (Å²) in [7, 11) is 1.84. The molecule has 19 heavy (non-hydrogen) atoms. The van der Waals surface area contributed by atoms with E-state index in [4.69, 9.17) is 5.26 Å². The molecule has 0 radical (unpaired) electrons. The monoisotopic (exact) mass is 261 g/mol. The third kappa shape index (κ3) is 2.59. The van der Waals surface area contributed by atoms with Gasteiger partial charge in [0.05, 0.1) is 12.5 Å². The molecule has 100 valence electrons. The number of likely N-dealkylation sites (N-methyl/N-ethyl adjacent to an activating group) is 1. The highest BCUT2D eigenvalue weighted by Gasteiger charge is 2.37. The van der Waals surface area contributed by atoms with Crippen LogP contribution in [0.1, 0.15) is 13.3 Å². The van der Waals surface area contributed by atoms with Crippen LogP contribution in [0.15, 0.2) is 24.3 Å². The number of hydrogen-bond donors (Lipinski definition) is 0. The maximum Gasteiger partial charge on any atom is 0.245 e. The van der Waals surface area contributed by atoms with Gasteiger partial charge in [0.25, 0.3) is 0 Å². The van der Waals surface area contributed by atoms with Crippen LogP contribution in [0, 0.1) is 17.1 Å². The highest BCUT2D eigenvalue weighted by atomic mass is 19.1. The van der Waals surface area contributed by atoms with Crippen molar-refractivity contribution in [2.45, 2.75) is 25.4 Å². The number of hydrogen-bond acceptors (Lipinski definition) is 3. The molecule has 2 rings (SSSR count). The van der Waals surface area contributed by atoms with Crippen LogP contribution in [0.25, 0.3) is 0 Å². The Bertz CT molecular complexity index is 526. The first kappa shape index (κ1) is 13.5.